The van der Waals surface area contributed by atoms with Crippen molar-refractivity contribution in [1.82, 2.24) is 4.98 Å². The lowest BCUT2D eigenvalue weighted by Gasteiger charge is -2.71. The van der Waals surface area contributed by atoms with Crippen LogP contribution in [0.15, 0.2) is 30.1 Å². The number of ketones is 1. The van der Waals surface area contributed by atoms with E-state index < -0.39 is 22.7 Å². The number of carbonyl (C=O) groups excluding carboxylic acids is 1. The Morgan fingerprint density at radius 2 is 1.71 bits per heavy atom. The number of nitrogens with zero attached hydrogens (tertiary/aromatic N) is 2. The van der Waals surface area contributed by atoms with E-state index >= 15 is 0 Å². The Hall–Kier alpha value is -2.48. The van der Waals surface area contributed by atoms with Gasteiger partial charge in [0.05, 0.1) is 11.5 Å². The molecule has 220 valence electrons. The lowest BCUT2D eigenvalue weighted by molar-refractivity contribution is -0.191. The molecule has 0 radical (unpaired) electrons. The minimum Gasteiger partial charge on any atom is -0.481 e. The van der Waals surface area contributed by atoms with E-state index in [1.807, 2.05) is 18.5 Å². The summed E-state index contributed by atoms with van der Waals surface area (Å²) in [6.45, 7) is 16.2. The van der Waals surface area contributed by atoms with Crippen LogP contribution in [0.2, 0.25) is 0 Å². The third-order valence-electron chi connectivity index (χ3n) is 14.1. The van der Waals surface area contributed by atoms with Gasteiger partial charge in [-0.3, -0.25) is 14.6 Å². The van der Waals surface area contributed by atoms with Crippen LogP contribution < -0.4 is 0 Å². The number of allylic oxidation sites excluding steroid dienone is 2. The molecule has 1 heterocycles. The van der Waals surface area contributed by atoms with Crippen LogP contribution in [0.3, 0.4) is 0 Å². The Morgan fingerprint density at radius 1 is 1.00 bits per heavy atom. The van der Waals surface area contributed by atoms with Crippen LogP contribution in [0, 0.1) is 67.5 Å². The Bertz CT molecular complexity index is 1370. The number of Topliss-reactive ketones (excluding diaryl/α,β-unsaturated/α-hetero) is 1. The Balaban J connectivity index is 1.61. The van der Waals surface area contributed by atoms with Crippen molar-refractivity contribution < 1.29 is 14.7 Å². The zero-order valence-corrected chi connectivity index (χ0v) is 26.1. The molecule has 1 aromatic heterocycles. The number of carboxylic acid groups (broad SMARTS) is 1. The van der Waals surface area contributed by atoms with E-state index in [0.717, 1.165) is 56.9 Å². The molecular formula is C36H48N2O3. The van der Waals surface area contributed by atoms with Crippen molar-refractivity contribution in [2.75, 3.05) is 0 Å². The highest BCUT2D eigenvalue weighted by molar-refractivity contribution is 5.90. The lowest BCUT2D eigenvalue weighted by atomic mass is 9.32. The van der Waals surface area contributed by atoms with Crippen LogP contribution in [-0.2, 0) is 9.59 Å². The fourth-order valence-electron chi connectivity index (χ4n) is 11.6. The van der Waals surface area contributed by atoms with Gasteiger partial charge in [-0.25, -0.2) is 0 Å². The van der Waals surface area contributed by atoms with Gasteiger partial charge in [-0.05, 0) is 114 Å². The Labute approximate surface area is 246 Å². The first-order chi connectivity index (χ1) is 19.1. The highest BCUT2D eigenvalue weighted by atomic mass is 16.4. The summed E-state index contributed by atoms with van der Waals surface area (Å²) in [6.07, 6.45) is 11.4. The average Bonchev–Trinajstić information content (AvgIpc) is 2.91. The van der Waals surface area contributed by atoms with Gasteiger partial charge in [-0.2, -0.15) is 5.26 Å². The maximum absolute atomic E-state index is 13.5. The zero-order chi connectivity index (χ0) is 29.8. The molecule has 0 saturated heterocycles. The van der Waals surface area contributed by atoms with Crippen LogP contribution >= 0.6 is 0 Å². The molecule has 8 atom stereocenters. The molecule has 5 nitrogen and oxygen atoms in total. The van der Waals surface area contributed by atoms with Crippen LogP contribution in [0.4, 0.5) is 0 Å². The number of nitriles is 1. The van der Waals surface area contributed by atoms with E-state index in [-0.39, 0.29) is 45.2 Å². The minimum atomic E-state index is -0.715. The highest BCUT2D eigenvalue weighted by Crippen LogP contribution is 2.77. The summed E-state index contributed by atoms with van der Waals surface area (Å²) in [5.41, 5.74) is 2.28. The van der Waals surface area contributed by atoms with Gasteiger partial charge in [0.1, 0.15) is 5.92 Å². The normalized spacial score (nSPS) is 44.5. The van der Waals surface area contributed by atoms with Crippen molar-refractivity contribution in [3.8, 4) is 6.07 Å². The number of hydrogen-bond donors (Lipinski definition) is 1. The molecule has 5 aliphatic carbocycles. The molecule has 8 unspecified atom stereocenters. The maximum Gasteiger partial charge on any atom is 0.310 e. The third-order valence-corrected chi connectivity index (χ3v) is 14.1. The molecule has 0 aromatic carbocycles. The summed E-state index contributed by atoms with van der Waals surface area (Å²) < 4.78 is 0. The zero-order valence-electron chi connectivity index (χ0n) is 26.1. The molecular weight excluding hydrogens is 508 g/mol. The van der Waals surface area contributed by atoms with Gasteiger partial charge in [-0.1, -0.05) is 60.1 Å². The molecule has 0 amide bonds. The summed E-state index contributed by atoms with van der Waals surface area (Å²) >= 11 is 0. The monoisotopic (exact) mass is 556 g/mol. The number of fused-ring (bicyclic) bond motifs is 7. The number of pyridine rings is 1. The van der Waals surface area contributed by atoms with E-state index in [1.165, 1.54) is 11.1 Å². The second kappa shape index (κ2) is 8.77. The smallest absolute Gasteiger partial charge is 0.310 e. The van der Waals surface area contributed by atoms with Crippen molar-refractivity contribution in [2.24, 2.45) is 56.2 Å². The van der Waals surface area contributed by atoms with E-state index in [0.29, 0.717) is 6.42 Å². The van der Waals surface area contributed by atoms with Gasteiger partial charge in [-0.15, -0.1) is 0 Å². The number of carbonyl (C=O) groups is 2. The lowest BCUT2D eigenvalue weighted by Crippen LogP contribution is -2.66. The number of aliphatic carboxylic acids is 1. The largest absolute Gasteiger partial charge is 0.481 e. The van der Waals surface area contributed by atoms with Crippen molar-refractivity contribution in [1.29, 1.82) is 5.26 Å². The topological polar surface area (TPSA) is 91.0 Å². The van der Waals surface area contributed by atoms with Crippen molar-refractivity contribution in [3.05, 3.63) is 35.7 Å². The first-order valence-electron chi connectivity index (χ1n) is 15.9. The summed E-state index contributed by atoms with van der Waals surface area (Å²) in [7, 11) is 0. The van der Waals surface area contributed by atoms with Crippen molar-refractivity contribution in [3.63, 3.8) is 0 Å². The van der Waals surface area contributed by atoms with Gasteiger partial charge >= 0.3 is 5.97 Å². The number of carboxylic acids is 1. The van der Waals surface area contributed by atoms with Gasteiger partial charge in [0.25, 0.3) is 0 Å². The maximum atomic E-state index is 13.5. The molecule has 0 aliphatic heterocycles. The van der Waals surface area contributed by atoms with Crippen LogP contribution in [-0.4, -0.2) is 21.8 Å². The van der Waals surface area contributed by atoms with E-state index in [2.05, 4.69) is 65.6 Å². The highest BCUT2D eigenvalue weighted by Gasteiger charge is 2.71. The van der Waals surface area contributed by atoms with Crippen molar-refractivity contribution >= 4 is 17.3 Å². The average molecular weight is 557 g/mol. The Morgan fingerprint density at radius 3 is 2.34 bits per heavy atom. The van der Waals surface area contributed by atoms with E-state index in [4.69, 9.17) is 0 Å². The van der Waals surface area contributed by atoms with Crippen LogP contribution in [0.25, 0.3) is 5.57 Å². The molecule has 5 aliphatic rings. The van der Waals surface area contributed by atoms with Crippen molar-refractivity contribution in [2.45, 2.75) is 106 Å². The van der Waals surface area contributed by atoms with Gasteiger partial charge < -0.3 is 5.11 Å². The molecule has 0 bridgehead atoms. The van der Waals surface area contributed by atoms with Crippen LogP contribution in [0.1, 0.15) is 112 Å². The molecule has 5 heteroatoms. The standard InChI is InChI=1S/C36H48N2O3/c1-31(2)12-14-36(30(40)41)15-13-35(7)28(25(36)19-31)24(22-9-8-16-38-21-22)17-27-33(5)18-23(20-37)29(39)32(3,4)26(33)10-11-34(27,35)6/h8-9,16,21,23,25-27H,10-15,17-19H2,1-7H3,(H,40,41). The summed E-state index contributed by atoms with van der Waals surface area (Å²) in [5.74, 6) is -0.567. The molecule has 1 N–H and O–H groups in total. The predicted octanol–water partition coefficient (Wildman–Crippen LogP) is 8.11. The first kappa shape index (κ1) is 28.6. The Kier molecular flexibility index (Phi) is 6.13. The number of hydrogen-bond acceptors (Lipinski definition) is 4. The fourth-order valence-corrected chi connectivity index (χ4v) is 11.6. The molecule has 4 fully saturated rings. The SMILES string of the molecule is CC1(C)CCC2(C(=O)O)CCC3(C)C(=C(c4cccnc4)CC4C5(C)CC(C#N)C(=O)C(C)(C)C5CCC43C)C2C1. The van der Waals surface area contributed by atoms with Gasteiger partial charge in [0, 0.05) is 17.8 Å². The third kappa shape index (κ3) is 3.61. The van der Waals surface area contributed by atoms with Gasteiger partial charge in [0.2, 0.25) is 0 Å². The van der Waals surface area contributed by atoms with Crippen LogP contribution in [0.5, 0.6) is 0 Å². The quantitative estimate of drug-likeness (QED) is 0.397. The molecule has 0 spiro atoms. The number of aromatic nitrogens is 1. The second-order valence-corrected chi connectivity index (χ2v) is 16.6. The summed E-state index contributed by atoms with van der Waals surface area (Å²) in [4.78, 5) is 31.3. The summed E-state index contributed by atoms with van der Waals surface area (Å²) in [6, 6.07) is 6.58. The molecule has 41 heavy (non-hydrogen) atoms. The molecule has 6 rings (SSSR count). The van der Waals surface area contributed by atoms with E-state index in [9.17, 15) is 20.0 Å². The number of rotatable bonds is 2. The molecule has 1 aromatic rings. The fraction of sp³-hybridized carbons (Fsp3) is 0.722. The molecule has 4 saturated carbocycles. The van der Waals surface area contributed by atoms with Gasteiger partial charge in [0.15, 0.2) is 5.78 Å². The first-order valence-corrected chi connectivity index (χ1v) is 15.9. The second-order valence-electron chi connectivity index (χ2n) is 16.6. The van der Waals surface area contributed by atoms with E-state index in [1.54, 1.807) is 0 Å². The predicted molar refractivity (Wildman–Crippen MR) is 159 cm³/mol. The summed E-state index contributed by atoms with van der Waals surface area (Å²) in [5, 5.41) is 21.0. The minimum absolute atomic E-state index is 0.00255.